The zero-order chi connectivity index (χ0) is 13.4. The second-order valence-corrected chi connectivity index (χ2v) is 6.61. The monoisotopic (exact) mass is 279 g/mol. The third-order valence-electron chi connectivity index (χ3n) is 4.52. The zero-order valence-electron chi connectivity index (χ0n) is 11.3. The predicted octanol–water partition coefficient (Wildman–Crippen LogP) is 1.89. The van der Waals surface area contributed by atoms with Gasteiger partial charge in [-0.1, -0.05) is 0 Å². The molecule has 2 N–H and O–H groups in total. The molecular formula is C14H21N3OS. The number of carbonyl (C=O) groups is 1. The van der Waals surface area contributed by atoms with Crippen LogP contribution < -0.4 is 5.73 Å². The molecule has 2 aliphatic rings. The topological polar surface area (TPSA) is 49.6 Å². The number of nitrogens with two attached hydrogens (primary N) is 1. The summed E-state index contributed by atoms with van der Waals surface area (Å²) in [6.07, 6.45) is 3.59. The van der Waals surface area contributed by atoms with Crippen molar-refractivity contribution in [1.29, 1.82) is 0 Å². The molecule has 2 aliphatic heterocycles. The third kappa shape index (κ3) is 2.37. The second-order valence-electron chi connectivity index (χ2n) is 5.70. The first-order valence-electron chi connectivity index (χ1n) is 6.99. The number of piperidine rings is 2. The standard InChI is InChI=1S/C14H21N3OS/c1-16-6-2-3-10-9-17(7-4-12(10)16)14(18)13-11(15)5-8-19-13/h5,8,10,12H,2-4,6-7,9,15H2,1H3. The number of carbonyl (C=O) groups excluding carboxylic acids is 1. The number of rotatable bonds is 1. The first-order valence-corrected chi connectivity index (χ1v) is 7.87. The molecule has 4 nitrogen and oxygen atoms in total. The number of nitrogens with zero attached hydrogens (tertiary/aromatic N) is 2. The predicted molar refractivity (Wildman–Crippen MR) is 78.4 cm³/mol. The van der Waals surface area contributed by atoms with Gasteiger partial charge in [0.25, 0.3) is 5.91 Å². The quantitative estimate of drug-likeness (QED) is 0.854. The SMILES string of the molecule is CN1CCCC2CN(C(=O)c3sccc3N)CCC21. The Hall–Kier alpha value is -1.07. The van der Waals surface area contributed by atoms with Crippen LogP contribution in [0.15, 0.2) is 11.4 Å². The molecule has 0 bridgehead atoms. The Morgan fingerprint density at radius 1 is 1.42 bits per heavy atom. The molecule has 2 atom stereocenters. The van der Waals surface area contributed by atoms with Crippen LogP contribution in [-0.4, -0.2) is 48.4 Å². The summed E-state index contributed by atoms with van der Waals surface area (Å²) < 4.78 is 0. The van der Waals surface area contributed by atoms with Gasteiger partial charge in [0.1, 0.15) is 4.88 Å². The molecular weight excluding hydrogens is 258 g/mol. The number of likely N-dealkylation sites (tertiary alicyclic amines) is 2. The average molecular weight is 279 g/mol. The van der Waals surface area contributed by atoms with Gasteiger partial charge in [-0.25, -0.2) is 0 Å². The van der Waals surface area contributed by atoms with Gasteiger partial charge in [-0.15, -0.1) is 11.3 Å². The van der Waals surface area contributed by atoms with Crippen LogP contribution in [0.3, 0.4) is 0 Å². The molecule has 0 spiro atoms. The van der Waals surface area contributed by atoms with Crippen molar-refractivity contribution in [2.75, 3.05) is 32.4 Å². The summed E-state index contributed by atoms with van der Waals surface area (Å²) in [6.45, 7) is 2.96. The molecule has 3 rings (SSSR count). The highest BCUT2D eigenvalue weighted by Crippen LogP contribution is 2.31. The fourth-order valence-corrected chi connectivity index (χ4v) is 4.26. The molecule has 1 aromatic rings. The first kappa shape index (κ1) is 12.9. The Labute approximate surface area is 118 Å². The highest BCUT2D eigenvalue weighted by atomic mass is 32.1. The molecule has 2 unspecified atom stereocenters. The summed E-state index contributed by atoms with van der Waals surface area (Å²) in [5, 5.41) is 1.89. The van der Waals surface area contributed by atoms with E-state index in [0.29, 0.717) is 22.5 Å². The molecule has 5 heteroatoms. The van der Waals surface area contributed by atoms with Gasteiger partial charge >= 0.3 is 0 Å². The summed E-state index contributed by atoms with van der Waals surface area (Å²) in [7, 11) is 2.21. The van der Waals surface area contributed by atoms with Crippen LogP contribution >= 0.6 is 11.3 Å². The Morgan fingerprint density at radius 2 is 2.26 bits per heavy atom. The maximum atomic E-state index is 12.5. The molecule has 0 saturated carbocycles. The maximum Gasteiger partial charge on any atom is 0.266 e. The van der Waals surface area contributed by atoms with Crippen molar-refractivity contribution in [3.63, 3.8) is 0 Å². The lowest BCUT2D eigenvalue weighted by atomic mass is 9.84. The lowest BCUT2D eigenvalue weighted by Crippen LogP contribution is -2.53. The van der Waals surface area contributed by atoms with Crippen LogP contribution in [0.2, 0.25) is 0 Å². The van der Waals surface area contributed by atoms with Crippen LogP contribution in [0.5, 0.6) is 0 Å². The van der Waals surface area contributed by atoms with Gasteiger partial charge in [0, 0.05) is 19.1 Å². The van der Waals surface area contributed by atoms with E-state index in [1.807, 2.05) is 16.3 Å². The summed E-state index contributed by atoms with van der Waals surface area (Å²) in [5.41, 5.74) is 6.48. The number of fused-ring (bicyclic) bond motifs is 1. The average Bonchev–Trinajstić information content (AvgIpc) is 2.84. The molecule has 2 saturated heterocycles. The van der Waals surface area contributed by atoms with E-state index in [2.05, 4.69) is 11.9 Å². The number of thiophene rings is 1. The number of anilines is 1. The van der Waals surface area contributed by atoms with E-state index >= 15 is 0 Å². The Bertz CT molecular complexity index is 473. The molecule has 2 fully saturated rings. The summed E-state index contributed by atoms with van der Waals surface area (Å²) in [4.78, 5) is 17.7. The van der Waals surface area contributed by atoms with Crippen molar-refractivity contribution in [2.24, 2.45) is 5.92 Å². The highest BCUT2D eigenvalue weighted by molar-refractivity contribution is 7.12. The van der Waals surface area contributed by atoms with E-state index in [1.54, 1.807) is 0 Å². The minimum absolute atomic E-state index is 0.124. The van der Waals surface area contributed by atoms with Gasteiger partial charge in [-0.2, -0.15) is 0 Å². The van der Waals surface area contributed by atoms with E-state index in [1.165, 1.54) is 30.7 Å². The van der Waals surface area contributed by atoms with Crippen molar-refractivity contribution >= 4 is 22.9 Å². The number of nitrogen functional groups attached to an aromatic ring is 1. The zero-order valence-corrected chi connectivity index (χ0v) is 12.2. The fraction of sp³-hybridized carbons (Fsp3) is 0.643. The lowest BCUT2D eigenvalue weighted by molar-refractivity contribution is 0.0320. The number of hydrogen-bond acceptors (Lipinski definition) is 4. The number of hydrogen-bond donors (Lipinski definition) is 1. The van der Waals surface area contributed by atoms with E-state index < -0.39 is 0 Å². The van der Waals surface area contributed by atoms with E-state index in [-0.39, 0.29) is 5.91 Å². The smallest absolute Gasteiger partial charge is 0.266 e. The minimum Gasteiger partial charge on any atom is -0.397 e. The van der Waals surface area contributed by atoms with Crippen LogP contribution in [0.4, 0.5) is 5.69 Å². The molecule has 3 heterocycles. The minimum atomic E-state index is 0.124. The van der Waals surface area contributed by atoms with Crippen LogP contribution in [0.25, 0.3) is 0 Å². The van der Waals surface area contributed by atoms with Gasteiger partial charge in [0.05, 0.1) is 5.69 Å². The van der Waals surface area contributed by atoms with E-state index in [0.717, 1.165) is 19.5 Å². The van der Waals surface area contributed by atoms with Gasteiger partial charge in [-0.05, 0) is 50.2 Å². The highest BCUT2D eigenvalue weighted by Gasteiger charge is 2.36. The molecule has 1 amide bonds. The largest absolute Gasteiger partial charge is 0.397 e. The third-order valence-corrected chi connectivity index (χ3v) is 5.44. The lowest BCUT2D eigenvalue weighted by Gasteiger charge is -2.45. The van der Waals surface area contributed by atoms with Gasteiger partial charge < -0.3 is 15.5 Å². The van der Waals surface area contributed by atoms with Crippen molar-refractivity contribution in [1.82, 2.24) is 9.80 Å². The molecule has 1 aromatic heterocycles. The van der Waals surface area contributed by atoms with Crippen LogP contribution in [0, 0.1) is 5.92 Å². The fourth-order valence-electron chi connectivity index (χ4n) is 3.47. The van der Waals surface area contributed by atoms with Gasteiger partial charge in [0.2, 0.25) is 0 Å². The first-order chi connectivity index (χ1) is 9.16. The van der Waals surface area contributed by atoms with Crippen molar-refractivity contribution in [2.45, 2.75) is 25.3 Å². The van der Waals surface area contributed by atoms with Crippen molar-refractivity contribution in [3.05, 3.63) is 16.3 Å². The Morgan fingerprint density at radius 3 is 3.00 bits per heavy atom. The molecule has 104 valence electrons. The molecule has 0 aromatic carbocycles. The number of amides is 1. The normalized spacial score (nSPS) is 28.2. The maximum absolute atomic E-state index is 12.5. The Balaban J connectivity index is 1.71. The molecule has 0 radical (unpaired) electrons. The van der Waals surface area contributed by atoms with E-state index in [4.69, 9.17) is 5.73 Å². The summed E-state index contributed by atoms with van der Waals surface area (Å²) in [6, 6.07) is 2.48. The Kier molecular flexibility index (Phi) is 3.50. The molecule has 0 aliphatic carbocycles. The van der Waals surface area contributed by atoms with Crippen molar-refractivity contribution in [3.8, 4) is 0 Å². The van der Waals surface area contributed by atoms with Crippen molar-refractivity contribution < 1.29 is 4.79 Å². The second kappa shape index (κ2) is 5.13. The van der Waals surface area contributed by atoms with Crippen LogP contribution in [0.1, 0.15) is 28.9 Å². The van der Waals surface area contributed by atoms with Crippen LogP contribution in [-0.2, 0) is 0 Å². The van der Waals surface area contributed by atoms with Gasteiger partial charge in [0.15, 0.2) is 0 Å². The van der Waals surface area contributed by atoms with E-state index in [9.17, 15) is 4.79 Å². The van der Waals surface area contributed by atoms with Gasteiger partial charge in [-0.3, -0.25) is 4.79 Å². The summed E-state index contributed by atoms with van der Waals surface area (Å²) in [5.74, 6) is 0.761. The molecule has 19 heavy (non-hydrogen) atoms. The summed E-state index contributed by atoms with van der Waals surface area (Å²) >= 11 is 1.45.